The zero-order valence-electron chi connectivity index (χ0n) is 17.8. The molecule has 2 aliphatic rings. The average molecular weight is 449 g/mol. The van der Waals surface area contributed by atoms with Gasteiger partial charge in [-0.3, -0.25) is 9.69 Å². The summed E-state index contributed by atoms with van der Waals surface area (Å²) < 4.78 is 46.9. The molecule has 10 heteroatoms. The Bertz CT molecular complexity index is 1140. The van der Waals surface area contributed by atoms with Crippen molar-refractivity contribution >= 4 is 21.7 Å². The molecule has 2 aliphatic heterocycles. The van der Waals surface area contributed by atoms with Crippen molar-refractivity contribution in [1.29, 1.82) is 0 Å². The molecule has 1 amide bonds. The minimum absolute atomic E-state index is 0.00241. The van der Waals surface area contributed by atoms with E-state index in [9.17, 15) is 17.6 Å². The first-order chi connectivity index (χ1) is 14.7. The van der Waals surface area contributed by atoms with Crippen LogP contribution < -0.4 is 9.64 Å². The fraction of sp³-hybridized carbons (Fsp3) is 0.476. The van der Waals surface area contributed by atoms with Gasteiger partial charge < -0.3 is 4.74 Å². The maximum Gasteiger partial charge on any atom is 0.246 e. The van der Waals surface area contributed by atoms with Crippen molar-refractivity contribution < 1.29 is 22.3 Å². The van der Waals surface area contributed by atoms with E-state index in [1.54, 1.807) is 11.9 Å². The first kappa shape index (κ1) is 21.6. The maximum absolute atomic E-state index is 13.8. The topological polar surface area (TPSA) is 92.7 Å². The van der Waals surface area contributed by atoms with Gasteiger partial charge in [0.2, 0.25) is 15.9 Å². The molecule has 4 rings (SSSR count). The fourth-order valence-electron chi connectivity index (χ4n) is 4.24. The van der Waals surface area contributed by atoms with E-state index in [0.29, 0.717) is 37.4 Å². The molecular formula is C21H25FN4O4S. The molecule has 31 heavy (non-hydrogen) atoms. The van der Waals surface area contributed by atoms with Crippen LogP contribution in [0.25, 0.3) is 0 Å². The summed E-state index contributed by atoms with van der Waals surface area (Å²) in [5, 5.41) is 0. The van der Waals surface area contributed by atoms with Crippen LogP contribution in [0.5, 0.6) is 5.75 Å². The van der Waals surface area contributed by atoms with Crippen molar-refractivity contribution in [3.8, 4) is 5.75 Å². The number of sulfonamides is 1. The zero-order chi connectivity index (χ0) is 22.3. The highest BCUT2D eigenvalue weighted by molar-refractivity contribution is 7.89. The minimum atomic E-state index is -3.97. The molecule has 1 aromatic heterocycles. The number of carbonyl (C=O) groups excluding carboxylic acids is 1. The number of methoxy groups -OCH3 is 1. The summed E-state index contributed by atoms with van der Waals surface area (Å²) in [6.45, 7) is 2.39. The molecule has 8 nitrogen and oxygen atoms in total. The van der Waals surface area contributed by atoms with Gasteiger partial charge >= 0.3 is 0 Å². The molecule has 166 valence electrons. The number of hydrogen-bond acceptors (Lipinski definition) is 6. The summed E-state index contributed by atoms with van der Waals surface area (Å²) in [5.74, 6) is 0.369. The van der Waals surface area contributed by atoms with Gasteiger partial charge in [0.25, 0.3) is 0 Å². The van der Waals surface area contributed by atoms with Crippen LogP contribution in [-0.2, 0) is 21.2 Å². The van der Waals surface area contributed by atoms with E-state index < -0.39 is 15.8 Å². The van der Waals surface area contributed by atoms with Gasteiger partial charge in [-0.25, -0.2) is 22.8 Å². The van der Waals surface area contributed by atoms with Crippen LogP contribution in [0.4, 0.5) is 10.2 Å². The summed E-state index contributed by atoms with van der Waals surface area (Å²) >= 11 is 0. The number of anilines is 1. The largest absolute Gasteiger partial charge is 0.495 e. The van der Waals surface area contributed by atoms with Gasteiger partial charge in [0.1, 0.15) is 28.1 Å². The molecule has 1 atom stereocenters. The van der Waals surface area contributed by atoms with Gasteiger partial charge in [-0.1, -0.05) is 0 Å². The number of amides is 1. The highest BCUT2D eigenvalue weighted by Crippen LogP contribution is 2.34. The number of aromatic nitrogens is 2. The lowest BCUT2D eigenvalue weighted by Crippen LogP contribution is -2.40. The number of carbonyl (C=O) groups is 1. The number of aryl methyl sites for hydroxylation is 1. The number of benzene rings is 1. The number of ether oxygens (including phenoxy) is 1. The zero-order valence-corrected chi connectivity index (χ0v) is 18.6. The van der Waals surface area contributed by atoms with E-state index in [2.05, 4.69) is 9.97 Å². The van der Waals surface area contributed by atoms with Gasteiger partial charge in [0.05, 0.1) is 7.11 Å². The number of fused-ring (bicyclic) bond motifs is 1. The van der Waals surface area contributed by atoms with Crippen molar-refractivity contribution in [2.24, 2.45) is 0 Å². The molecule has 0 radical (unpaired) electrons. The monoisotopic (exact) mass is 448 g/mol. The Hall–Kier alpha value is -2.59. The summed E-state index contributed by atoms with van der Waals surface area (Å²) in [6, 6.07) is 3.46. The average Bonchev–Trinajstić information content (AvgIpc) is 2.76. The fourth-order valence-corrected chi connectivity index (χ4v) is 5.93. The van der Waals surface area contributed by atoms with Gasteiger partial charge in [0, 0.05) is 43.7 Å². The van der Waals surface area contributed by atoms with Crippen molar-refractivity contribution in [3.05, 3.63) is 41.1 Å². The van der Waals surface area contributed by atoms with E-state index >= 15 is 0 Å². The number of piperidine rings is 1. The predicted octanol–water partition coefficient (Wildman–Crippen LogP) is 2.41. The lowest BCUT2D eigenvalue weighted by Gasteiger charge is -2.33. The van der Waals surface area contributed by atoms with Crippen LogP contribution in [0, 0.1) is 12.7 Å². The Labute approximate surface area is 181 Å². The van der Waals surface area contributed by atoms with Gasteiger partial charge in [-0.15, -0.1) is 0 Å². The molecule has 0 bridgehead atoms. The highest BCUT2D eigenvalue weighted by atomic mass is 32.2. The van der Waals surface area contributed by atoms with Gasteiger partial charge in [-0.05, 0) is 44.4 Å². The Morgan fingerprint density at radius 1 is 1.23 bits per heavy atom. The smallest absolute Gasteiger partial charge is 0.246 e. The van der Waals surface area contributed by atoms with Crippen molar-refractivity contribution in [2.45, 2.75) is 43.4 Å². The first-order valence-corrected chi connectivity index (χ1v) is 11.6. The second-order valence-corrected chi connectivity index (χ2v) is 9.83. The molecule has 0 aliphatic carbocycles. The van der Waals surface area contributed by atoms with E-state index in [1.807, 2.05) is 6.92 Å². The van der Waals surface area contributed by atoms with E-state index in [0.717, 1.165) is 23.7 Å². The highest BCUT2D eigenvalue weighted by Gasteiger charge is 2.35. The van der Waals surface area contributed by atoms with Crippen LogP contribution in [0.3, 0.4) is 0 Å². The standard InChI is InChI=1S/C21H25FN4O4S/c1-13-16-7-9-19(27)25(2)21(16)24-20(23-13)14-5-4-10-26(12-14)31(28,29)18-11-15(22)6-8-17(18)30-3/h6,8,11,14H,4-5,7,9-10,12H2,1-3H3/t14-/m0/s1. The first-order valence-electron chi connectivity index (χ1n) is 10.2. The molecule has 1 saturated heterocycles. The third-order valence-corrected chi connectivity index (χ3v) is 7.87. The third kappa shape index (κ3) is 3.89. The molecular weight excluding hydrogens is 423 g/mol. The van der Waals surface area contributed by atoms with Gasteiger partial charge in [0.15, 0.2) is 0 Å². The van der Waals surface area contributed by atoms with E-state index in [-0.39, 0.29) is 29.0 Å². The summed E-state index contributed by atoms with van der Waals surface area (Å²) in [6.07, 6.45) is 2.38. The summed E-state index contributed by atoms with van der Waals surface area (Å²) in [7, 11) is -0.914. The lowest BCUT2D eigenvalue weighted by molar-refractivity contribution is -0.118. The summed E-state index contributed by atoms with van der Waals surface area (Å²) in [4.78, 5) is 22.8. The predicted molar refractivity (Wildman–Crippen MR) is 112 cm³/mol. The Kier molecular flexibility index (Phi) is 5.69. The maximum atomic E-state index is 13.8. The lowest BCUT2D eigenvalue weighted by atomic mass is 9.97. The van der Waals surface area contributed by atoms with Crippen LogP contribution >= 0.6 is 0 Å². The number of rotatable bonds is 4. The molecule has 0 N–H and O–H groups in total. The number of nitrogens with zero attached hydrogens (tertiary/aromatic N) is 4. The van der Waals surface area contributed by atoms with Crippen molar-refractivity contribution in [2.75, 3.05) is 32.1 Å². The van der Waals surface area contributed by atoms with Crippen molar-refractivity contribution in [3.63, 3.8) is 0 Å². The van der Waals surface area contributed by atoms with Crippen LogP contribution in [0.15, 0.2) is 23.1 Å². The second kappa shape index (κ2) is 8.16. The molecule has 2 aromatic rings. The van der Waals surface area contributed by atoms with E-state index in [4.69, 9.17) is 4.74 Å². The summed E-state index contributed by atoms with van der Waals surface area (Å²) in [5.41, 5.74) is 1.77. The molecule has 0 unspecified atom stereocenters. The minimum Gasteiger partial charge on any atom is -0.495 e. The Balaban J connectivity index is 1.66. The Morgan fingerprint density at radius 3 is 2.74 bits per heavy atom. The second-order valence-electron chi connectivity index (χ2n) is 7.92. The normalized spacial score (nSPS) is 19.9. The molecule has 0 spiro atoms. The van der Waals surface area contributed by atoms with Crippen molar-refractivity contribution in [1.82, 2.24) is 14.3 Å². The Morgan fingerprint density at radius 2 is 2.00 bits per heavy atom. The quantitative estimate of drug-likeness (QED) is 0.713. The van der Waals surface area contributed by atoms with Gasteiger partial charge in [-0.2, -0.15) is 4.31 Å². The number of halogens is 1. The molecule has 1 aromatic carbocycles. The molecule has 0 saturated carbocycles. The number of hydrogen-bond donors (Lipinski definition) is 0. The SMILES string of the molecule is COc1ccc(F)cc1S(=O)(=O)N1CCC[C@H](c2nc(C)c3c(n2)N(C)C(=O)CC3)C1. The third-order valence-electron chi connectivity index (χ3n) is 5.98. The molecule has 1 fully saturated rings. The van der Waals surface area contributed by atoms with Crippen LogP contribution in [0.2, 0.25) is 0 Å². The van der Waals surface area contributed by atoms with Crippen LogP contribution in [-0.4, -0.2) is 55.8 Å². The van der Waals surface area contributed by atoms with Crippen LogP contribution in [0.1, 0.15) is 42.3 Å². The van der Waals surface area contributed by atoms with E-state index in [1.165, 1.54) is 23.5 Å². The molecule has 3 heterocycles.